The van der Waals surface area contributed by atoms with Crippen molar-refractivity contribution in [1.82, 2.24) is 15.5 Å². The van der Waals surface area contributed by atoms with Gasteiger partial charge < -0.3 is 15.7 Å². The van der Waals surface area contributed by atoms with Crippen LogP contribution in [0.2, 0.25) is 0 Å². The summed E-state index contributed by atoms with van der Waals surface area (Å²) in [6, 6.07) is -0.833. The number of carboxylic acid groups (broad SMARTS) is 1. The Morgan fingerprint density at radius 1 is 1.45 bits per heavy atom. The zero-order valence-electron chi connectivity index (χ0n) is 11.9. The monoisotopic (exact) mass is 307 g/mol. The molecule has 0 aliphatic carbocycles. The predicted octanol–water partition coefficient (Wildman–Crippen LogP) is -0.514. The van der Waals surface area contributed by atoms with E-state index in [1.54, 1.807) is 0 Å². The van der Waals surface area contributed by atoms with Gasteiger partial charge in [-0.05, 0) is 19.3 Å². The molecular formula is C14H17N3O5. The molecule has 0 aromatic carbocycles. The van der Waals surface area contributed by atoms with E-state index in [0.717, 1.165) is 11.0 Å². The number of carbonyl (C=O) groups is 4. The molecular weight excluding hydrogens is 290 g/mol. The van der Waals surface area contributed by atoms with E-state index in [-0.39, 0.29) is 18.7 Å². The van der Waals surface area contributed by atoms with E-state index in [0.29, 0.717) is 25.0 Å². The number of carboxylic acids is 1. The molecule has 3 amide bonds. The summed E-state index contributed by atoms with van der Waals surface area (Å²) in [5.41, 5.74) is 0.660. The number of imide groups is 1. The number of aliphatic carboxylic acids is 1. The zero-order valence-corrected chi connectivity index (χ0v) is 11.9. The van der Waals surface area contributed by atoms with Gasteiger partial charge in [-0.25, -0.2) is 0 Å². The van der Waals surface area contributed by atoms with Crippen molar-refractivity contribution in [3.63, 3.8) is 0 Å². The first-order valence-corrected chi connectivity index (χ1v) is 6.93. The van der Waals surface area contributed by atoms with Crippen molar-refractivity contribution in [3.8, 4) is 0 Å². The molecule has 1 atom stereocenters. The van der Waals surface area contributed by atoms with Crippen LogP contribution < -0.4 is 10.6 Å². The highest BCUT2D eigenvalue weighted by atomic mass is 16.4. The van der Waals surface area contributed by atoms with Crippen molar-refractivity contribution in [1.29, 1.82) is 0 Å². The standard InChI is InChI=1S/C14H17N3O5/c1-8-4-5-10(13(21)16-8)17-11(18)7-9(14(17)22)15-6-2-3-12(19)20/h7,10,15H,1-6H2,(H,16,21)(H,19,20). The topological polar surface area (TPSA) is 116 Å². The Morgan fingerprint density at radius 2 is 2.18 bits per heavy atom. The summed E-state index contributed by atoms with van der Waals surface area (Å²) in [6.07, 6.45) is 2.30. The number of allylic oxidation sites excluding steroid dienone is 1. The number of piperidine rings is 1. The number of hydrogen-bond acceptors (Lipinski definition) is 5. The first kappa shape index (κ1) is 15.7. The lowest BCUT2D eigenvalue weighted by Crippen LogP contribution is -2.52. The molecule has 0 aromatic rings. The fraction of sp³-hybridized carbons (Fsp3) is 0.429. The highest BCUT2D eigenvalue weighted by molar-refractivity contribution is 6.17. The number of nitrogens with zero attached hydrogens (tertiary/aromatic N) is 1. The first-order valence-electron chi connectivity index (χ1n) is 6.93. The molecule has 1 unspecified atom stereocenters. The minimum atomic E-state index is -0.926. The maximum atomic E-state index is 12.2. The van der Waals surface area contributed by atoms with Crippen LogP contribution in [0.15, 0.2) is 24.0 Å². The lowest BCUT2D eigenvalue weighted by Gasteiger charge is -2.29. The third-order valence-electron chi connectivity index (χ3n) is 3.47. The lowest BCUT2D eigenvalue weighted by molar-refractivity contribution is -0.146. The number of carbonyl (C=O) groups excluding carboxylic acids is 3. The summed E-state index contributed by atoms with van der Waals surface area (Å²) in [7, 11) is 0. The third kappa shape index (κ3) is 3.33. The van der Waals surface area contributed by atoms with Gasteiger partial charge in [0.05, 0.1) is 0 Å². The van der Waals surface area contributed by atoms with E-state index in [2.05, 4.69) is 17.2 Å². The van der Waals surface area contributed by atoms with E-state index >= 15 is 0 Å². The summed E-state index contributed by atoms with van der Waals surface area (Å²) in [5.74, 6) is -2.45. The molecule has 2 aliphatic heterocycles. The Morgan fingerprint density at radius 3 is 2.82 bits per heavy atom. The third-order valence-corrected chi connectivity index (χ3v) is 3.47. The lowest BCUT2D eigenvalue weighted by atomic mass is 10.0. The number of rotatable bonds is 6. The van der Waals surface area contributed by atoms with Crippen molar-refractivity contribution in [2.75, 3.05) is 6.54 Å². The van der Waals surface area contributed by atoms with Crippen molar-refractivity contribution in [2.24, 2.45) is 0 Å². The summed E-state index contributed by atoms with van der Waals surface area (Å²) in [6.45, 7) is 3.91. The molecule has 0 saturated carbocycles. The number of amides is 3. The minimum Gasteiger partial charge on any atom is -0.481 e. The van der Waals surface area contributed by atoms with E-state index < -0.39 is 29.7 Å². The molecule has 8 nitrogen and oxygen atoms in total. The molecule has 0 spiro atoms. The average Bonchev–Trinajstić information content (AvgIpc) is 2.70. The summed E-state index contributed by atoms with van der Waals surface area (Å²) in [5, 5.41) is 13.8. The van der Waals surface area contributed by atoms with Crippen molar-refractivity contribution >= 4 is 23.7 Å². The van der Waals surface area contributed by atoms with Crippen LogP contribution >= 0.6 is 0 Å². The molecule has 0 aromatic heterocycles. The Kier molecular flexibility index (Phi) is 4.59. The normalized spacial score (nSPS) is 21.7. The minimum absolute atomic E-state index is 0.0285. The second-order valence-electron chi connectivity index (χ2n) is 5.14. The van der Waals surface area contributed by atoms with Crippen LogP contribution in [0.1, 0.15) is 25.7 Å². The van der Waals surface area contributed by atoms with E-state index in [4.69, 9.17) is 5.11 Å². The average molecular weight is 307 g/mol. The van der Waals surface area contributed by atoms with Gasteiger partial charge in [0.15, 0.2) is 0 Å². The maximum Gasteiger partial charge on any atom is 0.303 e. The summed E-state index contributed by atoms with van der Waals surface area (Å²) in [4.78, 5) is 47.4. The van der Waals surface area contributed by atoms with Gasteiger partial charge in [-0.1, -0.05) is 6.58 Å². The van der Waals surface area contributed by atoms with Gasteiger partial charge in [0.2, 0.25) is 5.91 Å². The van der Waals surface area contributed by atoms with Crippen LogP contribution in [0.25, 0.3) is 0 Å². The highest BCUT2D eigenvalue weighted by Crippen LogP contribution is 2.22. The molecule has 0 bridgehead atoms. The molecule has 1 fully saturated rings. The quantitative estimate of drug-likeness (QED) is 0.449. The molecule has 0 radical (unpaired) electrons. The van der Waals surface area contributed by atoms with Crippen molar-refractivity contribution in [3.05, 3.63) is 24.0 Å². The van der Waals surface area contributed by atoms with Crippen LogP contribution in [0.5, 0.6) is 0 Å². The zero-order chi connectivity index (χ0) is 16.3. The molecule has 3 N–H and O–H groups in total. The summed E-state index contributed by atoms with van der Waals surface area (Å²) >= 11 is 0. The number of nitrogens with one attached hydrogen (secondary N) is 2. The first-order chi connectivity index (χ1) is 10.4. The Balaban J connectivity index is 1.95. The molecule has 2 rings (SSSR count). The van der Waals surface area contributed by atoms with Crippen LogP contribution in [0.4, 0.5) is 0 Å². The molecule has 8 heteroatoms. The SMILES string of the molecule is C=C1CCC(N2C(=O)C=C(NCCCC(=O)O)C2=O)C(=O)N1. The molecule has 22 heavy (non-hydrogen) atoms. The van der Waals surface area contributed by atoms with Crippen LogP contribution in [-0.4, -0.2) is 46.3 Å². The Hall–Kier alpha value is -2.64. The highest BCUT2D eigenvalue weighted by Gasteiger charge is 2.41. The summed E-state index contributed by atoms with van der Waals surface area (Å²) < 4.78 is 0. The van der Waals surface area contributed by atoms with Gasteiger partial charge >= 0.3 is 5.97 Å². The van der Waals surface area contributed by atoms with Gasteiger partial charge in [-0.15, -0.1) is 0 Å². The fourth-order valence-corrected chi connectivity index (χ4v) is 2.38. The second-order valence-corrected chi connectivity index (χ2v) is 5.14. The van der Waals surface area contributed by atoms with Crippen molar-refractivity contribution < 1.29 is 24.3 Å². The van der Waals surface area contributed by atoms with Crippen LogP contribution in [-0.2, 0) is 19.2 Å². The van der Waals surface area contributed by atoms with E-state index in [1.807, 2.05) is 0 Å². The maximum absolute atomic E-state index is 12.2. The molecule has 2 heterocycles. The largest absolute Gasteiger partial charge is 0.481 e. The van der Waals surface area contributed by atoms with E-state index in [1.165, 1.54) is 0 Å². The van der Waals surface area contributed by atoms with Crippen molar-refractivity contribution in [2.45, 2.75) is 31.7 Å². The second kappa shape index (κ2) is 6.42. The van der Waals surface area contributed by atoms with Gasteiger partial charge in [-0.3, -0.25) is 24.1 Å². The van der Waals surface area contributed by atoms with Gasteiger partial charge in [0, 0.05) is 24.7 Å². The Bertz CT molecular complexity index is 581. The molecule has 118 valence electrons. The molecule has 1 saturated heterocycles. The smallest absolute Gasteiger partial charge is 0.303 e. The van der Waals surface area contributed by atoms with Gasteiger partial charge in [0.25, 0.3) is 11.8 Å². The fourth-order valence-electron chi connectivity index (χ4n) is 2.38. The predicted molar refractivity (Wildman–Crippen MR) is 75.1 cm³/mol. The van der Waals surface area contributed by atoms with E-state index in [9.17, 15) is 19.2 Å². The number of hydrogen-bond donors (Lipinski definition) is 3. The van der Waals surface area contributed by atoms with Crippen LogP contribution in [0, 0.1) is 0 Å². The molecule has 2 aliphatic rings. The van der Waals surface area contributed by atoms with Gasteiger partial charge in [-0.2, -0.15) is 0 Å². The van der Waals surface area contributed by atoms with Gasteiger partial charge in [0.1, 0.15) is 11.7 Å². The Labute approximate surface area is 126 Å². The van der Waals surface area contributed by atoms with Crippen LogP contribution in [0.3, 0.4) is 0 Å².